The summed E-state index contributed by atoms with van der Waals surface area (Å²) in [4.78, 5) is 13.8. The highest BCUT2D eigenvalue weighted by Gasteiger charge is 2.11. The van der Waals surface area contributed by atoms with Crippen LogP contribution in [0.25, 0.3) is 22.2 Å². The van der Waals surface area contributed by atoms with Crippen molar-refractivity contribution in [2.45, 2.75) is 6.42 Å². The van der Waals surface area contributed by atoms with Crippen LogP contribution in [0.15, 0.2) is 33.6 Å². The summed E-state index contributed by atoms with van der Waals surface area (Å²) in [7, 11) is 1.88. The Kier molecular flexibility index (Phi) is 2.72. The fourth-order valence-electron chi connectivity index (χ4n) is 2.22. The number of aryl methyl sites for hydroxylation is 1. The standard InChI is InChI=1S/C13H14N4O2/c1-17-7-9(10(16-17)4-5-14)8-2-3-12-11(6-8)15-13(18)19-12/h2-3,6-7H,4-5,14H2,1H3,(H,15,18). The molecule has 0 bridgehead atoms. The smallest absolute Gasteiger partial charge is 0.408 e. The van der Waals surface area contributed by atoms with E-state index in [-0.39, 0.29) is 0 Å². The Morgan fingerprint density at radius 3 is 3.11 bits per heavy atom. The molecule has 0 aliphatic rings. The van der Waals surface area contributed by atoms with Crippen molar-refractivity contribution in [2.24, 2.45) is 12.8 Å². The maximum atomic E-state index is 11.2. The summed E-state index contributed by atoms with van der Waals surface area (Å²) in [6, 6.07) is 5.58. The number of nitrogens with two attached hydrogens (primary N) is 1. The minimum absolute atomic E-state index is 0.444. The van der Waals surface area contributed by atoms with Crippen molar-refractivity contribution in [2.75, 3.05) is 6.54 Å². The topological polar surface area (TPSA) is 89.8 Å². The molecule has 19 heavy (non-hydrogen) atoms. The Morgan fingerprint density at radius 1 is 1.47 bits per heavy atom. The van der Waals surface area contributed by atoms with Gasteiger partial charge in [-0.1, -0.05) is 6.07 Å². The van der Waals surface area contributed by atoms with Crippen LogP contribution in [0.5, 0.6) is 0 Å². The van der Waals surface area contributed by atoms with Crippen molar-refractivity contribution >= 4 is 11.1 Å². The third-order valence-electron chi connectivity index (χ3n) is 3.02. The van der Waals surface area contributed by atoms with Crippen LogP contribution in [-0.2, 0) is 13.5 Å². The molecule has 0 saturated heterocycles. The first-order valence-electron chi connectivity index (χ1n) is 6.03. The van der Waals surface area contributed by atoms with Gasteiger partial charge in [0.05, 0.1) is 11.2 Å². The Hall–Kier alpha value is -2.34. The normalized spacial score (nSPS) is 11.3. The number of H-pyrrole nitrogens is 1. The third-order valence-corrected chi connectivity index (χ3v) is 3.02. The highest BCUT2D eigenvalue weighted by molar-refractivity contribution is 5.80. The van der Waals surface area contributed by atoms with Crippen LogP contribution >= 0.6 is 0 Å². The number of oxazole rings is 1. The molecule has 0 spiro atoms. The SMILES string of the molecule is Cn1cc(-c2ccc3oc(=O)[nH]c3c2)c(CCN)n1. The Morgan fingerprint density at radius 2 is 2.32 bits per heavy atom. The van der Waals surface area contributed by atoms with Gasteiger partial charge >= 0.3 is 5.76 Å². The van der Waals surface area contributed by atoms with Gasteiger partial charge in [0.2, 0.25) is 0 Å². The van der Waals surface area contributed by atoms with Crippen molar-refractivity contribution < 1.29 is 4.42 Å². The van der Waals surface area contributed by atoms with E-state index in [0.29, 0.717) is 17.6 Å². The van der Waals surface area contributed by atoms with E-state index >= 15 is 0 Å². The highest BCUT2D eigenvalue weighted by Crippen LogP contribution is 2.25. The predicted molar refractivity (Wildman–Crippen MR) is 71.8 cm³/mol. The molecule has 0 amide bonds. The molecule has 2 heterocycles. The van der Waals surface area contributed by atoms with Crippen molar-refractivity contribution in [1.82, 2.24) is 14.8 Å². The number of hydrogen-bond acceptors (Lipinski definition) is 4. The molecular weight excluding hydrogens is 244 g/mol. The lowest BCUT2D eigenvalue weighted by Gasteiger charge is -2.01. The zero-order valence-corrected chi connectivity index (χ0v) is 10.5. The van der Waals surface area contributed by atoms with Crippen LogP contribution in [0.4, 0.5) is 0 Å². The van der Waals surface area contributed by atoms with Gasteiger partial charge in [-0.05, 0) is 24.2 Å². The second-order valence-corrected chi connectivity index (χ2v) is 4.43. The van der Waals surface area contributed by atoms with Gasteiger partial charge in [0.15, 0.2) is 5.58 Å². The molecule has 0 aliphatic heterocycles. The quantitative estimate of drug-likeness (QED) is 0.734. The van der Waals surface area contributed by atoms with Gasteiger partial charge in [-0.2, -0.15) is 5.10 Å². The number of rotatable bonds is 3. The highest BCUT2D eigenvalue weighted by atomic mass is 16.4. The molecule has 3 N–H and O–H groups in total. The van der Waals surface area contributed by atoms with Crippen LogP contribution in [-0.4, -0.2) is 21.3 Å². The van der Waals surface area contributed by atoms with Gasteiger partial charge < -0.3 is 10.2 Å². The Labute approximate surface area is 108 Å². The lowest BCUT2D eigenvalue weighted by molar-refractivity contribution is 0.555. The van der Waals surface area contributed by atoms with Gasteiger partial charge in [-0.3, -0.25) is 9.67 Å². The molecular formula is C13H14N4O2. The number of aromatic nitrogens is 3. The number of nitrogens with zero attached hydrogens (tertiary/aromatic N) is 2. The maximum absolute atomic E-state index is 11.2. The number of nitrogens with one attached hydrogen (secondary N) is 1. The van der Waals surface area contributed by atoms with Crippen molar-refractivity contribution in [3.05, 3.63) is 40.6 Å². The van der Waals surface area contributed by atoms with Crippen LogP contribution in [0.2, 0.25) is 0 Å². The van der Waals surface area contributed by atoms with E-state index in [1.54, 1.807) is 10.7 Å². The van der Waals surface area contributed by atoms with Crippen molar-refractivity contribution in [1.29, 1.82) is 0 Å². The van der Waals surface area contributed by atoms with E-state index in [9.17, 15) is 4.79 Å². The van der Waals surface area contributed by atoms with Gasteiger partial charge in [-0.15, -0.1) is 0 Å². The molecule has 2 aromatic heterocycles. The second-order valence-electron chi connectivity index (χ2n) is 4.43. The number of benzene rings is 1. The number of fused-ring (bicyclic) bond motifs is 1. The van der Waals surface area contributed by atoms with E-state index in [1.165, 1.54) is 0 Å². The summed E-state index contributed by atoms with van der Waals surface area (Å²) < 4.78 is 6.76. The van der Waals surface area contributed by atoms with Crippen LogP contribution in [0, 0.1) is 0 Å². The minimum atomic E-state index is -0.444. The predicted octanol–water partition coefficient (Wildman–Crippen LogP) is 1.02. The van der Waals surface area contributed by atoms with E-state index < -0.39 is 5.76 Å². The Bertz CT molecular complexity index is 781. The van der Waals surface area contributed by atoms with Crippen molar-refractivity contribution in [3.63, 3.8) is 0 Å². The molecule has 1 aromatic carbocycles. The van der Waals surface area contributed by atoms with Gasteiger partial charge in [0.25, 0.3) is 0 Å². The van der Waals surface area contributed by atoms with Crippen LogP contribution < -0.4 is 11.5 Å². The molecule has 0 unspecified atom stereocenters. The molecule has 3 aromatic rings. The average Bonchev–Trinajstić information content (AvgIpc) is 2.90. The molecule has 0 atom stereocenters. The summed E-state index contributed by atoms with van der Waals surface area (Å²) in [5.74, 6) is -0.444. The van der Waals surface area contributed by atoms with E-state index in [2.05, 4.69) is 10.1 Å². The average molecular weight is 258 g/mol. The molecule has 0 radical (unpaired) electrons. The fourth-order valence-corrected chi connectivity index (χ4v) is 2.22. The summed E-state index contributed by atoms with van der Waals surface area (Å²) in [6.07, 6.45) is 2.67. The number of aromatic amines is 1. The molecule has 0 fully saturated rings. The zero-order valence-electron chi connectivity index (χ0n) is 10.5. The first-order valence-corrected chi connectivity index (χ1v) is 6.03. The molecule has 98 valence electrons. The third kappa shape index (κ3) is 2.06. The minimum Gasteiger partial charge on any atom is -0.408 e. The number of hydrogen-bond donors (Lipinski definition) is 2. The van der Waals surface area contributed by atoms with E-state index in [1.807, 2.05) is 25.4 Å². The van der Waals surface area contributed by atoms with E-state index in [4.69, 9.17) is 10.2 Å². The van der Waals surface area contributed by atoms with E-state index in [0.717, 1.165) is 23.2 Å². The molecule has 6 heteroatoms. The first kappa shape index (κ1) is 11.7. The van der Waals surface area contributed by atoms with Gasteiger partial charge in [-0.25, -0.2) is 4.79 Å². The van der Waals surface area contributed by atoms with Gasteiger partial charge in [0, 0.05) is 25.2 Å². The van der Waals surface area contributed by atoms with Crippen molar-refractivity contribution in [3.8, 4) is 11.1 Å². The molecule has 3 rings (SSSR count). The molecule has 0 saturated carbocycles. The van der Waals surface area contributed by atoms with Crippen LogP contribution in [0.1, 0.15) is 5.69 Å². The lowest BCUT2D eigenvalue weighted by Crippen LogP contribution is -2.04. The Balaban J connectivity index is 2.15. The monoisotopic (exact) mass is 258 g/mol. The fraction of sp³-hybridized carbons (Fsp3) is 0.231. The first-order chi connectivity index (χ1) is 9.17. The molecule has 6 nitrogen and oxygen atoms in total. The molecule has 0 aliphatic carbocycles. The maximum Gasteiger partial charge on any atom is 0.417 e. The van der Waals surface area contributed by atoms with Crippen LogP contribution in [0.3, 0.4) is 0 Å². The second kappa shape index (κ2) is 4.40. The summed E-state index contributed by atoms with van der Waals surface area (Å²) >= 11 is 0. The lowest BCUT2D eigenvalue weighted by atomic mass is 10.0. The summed E-state index contributed by atoms with van der Waals surface area (Å²) in [6.45, 7) is 0.550. The summed E-state index contributed by atoms with van der Waals surface area (Å²) in [5, 5.41) is 4.40. The summed E-state index contributed by atoms with van der Waals surface area (Å²) in [5.41, 5.74) is 9.80. The zero-order chi connectivity index (χ0) is 13.4. The largest absolute Gasteiger partial charge is 0.417 e. The van der Waals surface area contributed by atoms with Gasteiger partial charge in [0.1, 0.15) is 0 Å².